The number of carbonyl (C=O) groups excluding carboxylic acids is 1. The van der Waals surface area contributed by atoms with E-state index in [0.29, 0.717) is 11.7 Å². The number of methoxy groups -OCH3 is 1. The van der Waals surface area contributed by atoms with Crippen LogP contribution in [0.25, 0.3) is 0 Å². The fourth-order valence-corrected chi connectivity index (χ4v) is 1.49. The second-order valence-electron chi connectivity index (χ2n) is 2.96. The maximum Gasteiger partial charge on any atom is 0.133 e. The van der Waals surface area contributed by atoms with Crippen LogP contribution in [0.2, 0.25) is 0 Å². The van der Waals surface area contributed by atoms with Crippen LogP contribution in [0.4, 0.5) is 0 Å². The zero-order valence-electron chi connectivity index (χ0n) is 6.43. The van der Waals surface area contributed by atoms with Crippen molar-refractivity contribution in [1.29, 1.82) is 0 Å². The van der Waals surface area contributed by atoms with E-state index in [1.165, 1.54) is 6.42 Å². The molecule has 0 bridgehead atoms. The van der Waals surface area contributed by atoms with Gasteiger partial charge in [0.2, 0.25) is 0 Å². The minimum Gasteiger partial charge on any atom is -0.384 e. The van der Waals surface area contributed by atoms with Crippen LogP contribution in [0.1, 0.15) is 25.7 Å². The molecule has 1 aliphatic carbocycles. The van der Waals surface area contributed by atoms with Crippen LogP contribution in [0, 0.1) is 5.92 Å². The molecule has 0 spiro atoms. The van der Waals surface area contributed by atoms with Crippen molar-refractivity contribution in [2.45, 2.75) is 25.7 Å². The summed E-state index contributed by atoms with van der Waals surface area (Å²) in [5.74, 6) is 0.916. The van der Waals surface area contributed by atoms with Gasteiger partial charge in [-0.05, 0) is 18.8 Å². The van der Waals surface area contributed by atoms with Gasteiger partial charge in [0.25, 0.3) is 0 Å². The highest BCUT2D eigenvalue weighted by Crippen LogP contribution is 2.20. The molecule has 1 rings (SSSR count). The van der Waals surface area contributed by atoms with Crippen molar-refractivity contribution in [2.24, 2.45) is 5.92 Å². The van der Waals surface area contributed by atoms with Gasteiger partial charge in [0.05, 0.1) is 0 Å². The van der Waals surface area contributed by atoms with Crippen molar-refractivity contribution in [1.82, 2.24) is 0 Å². The smallest absolute Gasteiger partial charge is 0.133 e. The fourth-order valence-electron chi connectivity index (χ4n) is 1.49. The summed E-state index contributed by atoms with van der Waals surface area (Å²) in [5, 5.41) is 0. The molecule has 58 valence electrons. The van der Waals surface area contributed by atoms with Crippen LogP contribution in [0.3, 0.4) is 0 Å². The van der Waals surface area contributed by atoms with Gasteiger partial charge in [0, 0.05) is 26.6 Å². The molecule has 1 fully saturated rings. The van der Waals surface area contributed by atoms with Crippen molar-refractivity contribution >= 4 is 5.78 Å². The molecule has 0 aromatic carbocycles. The monoisotopic (exact) mass is 142 g/mol. The zero-order chi connectivity index (χ0) is 7.40. The third kappa shape index (κ3) is 2.10. The predicted octanol–water partition coefficient (Wildman–Crippen LogP) is 1.39. The molecule has 0 aliphatic heterocycles. The van der Waals surface area contributed by atoms with E-state index in [4.69, 9.17) is 4.74 Å². The quantitative estimate of drug-likeness (QED) is 0.582. The number of hydrogen-bond donors (Lipinski definition) is 0. The van der Waals surface area contributed by atoms with Gasteiger partial charge in [-0.2, -0.15) is 0 Å². The predicted molar refractivity (Wildman–Crippen MR) is 38.8 cm³/mol. The van der Waals surface area contributed by atoms with Gasteiger partial charge in [0.15, 0.2) is 0 Å². The molecular weight excluding hydrogens is 128 g/mol. The standard InChI is InChI=1S/C8H14O2/c1-10-6-7-3-2-4-8(9)5-7/h7H,2-6H2,1H3/t7-/m1/s1. The molecule has 0 aromatic rings. The maximum atomic E-state index is 10.9. The van der Waals surface area contributed by atoms with Crippen LogP contribution < -0.4 is 0 Å². The van der Waals surface area contributed by atoms with E-state index in [1.807, 2.05) is 0 Å². The Kier molecular flexibility index (Phi) is 2.87. The van der Waals surface area contributed by atoms with Crippen LogP contribution in [-0.2, 0) is 9.53 Å². The minimum atomic E-state index is 0.410. The zero-order valence-corrected chi connectivity index (χ0v) is 6.43. The lowest BCUT2D eigenvalue weighted by Gasteiger charge is -2.19. The van der Waals surface area contributed by atoms with Crippen molar-refractivity contribution in [3.8, 4) is 0 Å². The molecule has 0 radical (unpaired) electrons. The van der Waals surface area contributed by atoms with E-state index in [9.17, 15) is 4.79 Å². The van der Waals surface area contributed by atoms with E-state index in [0.717, 1.165) is 25.9 Å². The van der Waals surface area contributed by atoms with Crippen molar-refractivity contribution < 1.29 is 9.53 Å². The van der Waals surface area contributed by atoms with Gasteiger partial charge < -0.3 is 4.74 Å². The summed E-state index contributed by atoms with van der Waals surface area (Å²) in [4.78, 5) is 10.9. The van der Waals surface area contributed by atoms with Crippen LogP contribution in [-0.4, -0.2) is 19.5 Å². The summed E-state index contributed by atoms with van der Waals surface area (Å²) >= 11 is 0. The van der Waals surface area contributed by atoms with Crippen molar-refractivity contribution in [2.75, 3.05) is 13.7 Å². The lowest BCUT2D eigenvalue weighted by molar-refractivity contribution is -0.122. The Morgan fingerprint density at radius 3 is 3.10 bits per heavy atom. The number of Topliss-reactive ketones (excluding diaryl/α,β-unsaturated/α-hetero) is 1. The fraction of sp³-hybridized carbons (Fsp3) is 0.875. The topological polar surface area (TPSA) is 26.3 Å². The average molecular weight is 142 g/mol. The Bertz CT molecular complexity index is 118. The number of ether oxygens (including phenoxy) is 1. The van der Waals surface area contributed by atoms with Crippen molar-refractivity contribution in [3.63, 3.8) is 0 Å². The molecule has 2 nitrogen and oxygen atoms in total. The molecule has 1 saturated carbocycles. The summed E-state index contributed by atoms with van der Waals surface area (Å²) in [6.45, 7) is 0.756. The average Bonchev–Trinajstić information content (AvgIpc) is 1.88. The first-order chi connectivity index (χ1) is 4.83. The number of rotatable bonds is 2. The maximum absolute atomic E-state index is 10.9. The van der Waals surface area contributed by atoms with E-state index in [2.05, 4.69) is 0 Å². The molecule has 1 atom stereocenters. The summed E-state index contributed by atoms with van der Waals surface area (Å²) in [6.07, 6.45) is 3.76. The first-order valence-corrected chi connectivity index (χ1v) is 3.83. The number of carbonyl (C=O) groups is 1. The molecule has 0 N–H and O–H groups in total. The normalized spacial score (nSPS) is 26.9. The van der Waals surface area contributed by atoms with Crippen LogP contribution in [0.15, 0.2) is 0 Å². The highest BCUT2D eigenvalue weighted by molar-refractivity contribution is 5.79. The molecule has 0 unspecified atom stereocenters. The molecule has 2 heteroatoms. The molecule has 1 aliphatic rings. The number of ketones is 1. The van der Waals surface area contributed by atoms with E-state index in [-0.39, 0.29) is 0 Å². The second-order valence-corrected chi connectivity index (χ2v) is 2.96. The van der Waals surface area contributed by atoms with Gasteiger partial charge in [-0.25, -0.2) is 0 Å². The summed E-state index contributed by atoms with van der Waals surface area (Å²) in [6, 6.07) is 0. The lowest BCUT2D eigenvalue weighted by Crippen LogP contribution is -2.18. The Morgan fingerprint density at radius 1 is 1.70 bits per heavy atom. The molecule has 0 saturated heterocycles. The highest BCUT2D eigenvalue weighted by atomic mass is 16.5. The Labute approximate surface area is 61.6 Å². The van der Waals surface area contributed by atoms with E-state index >= 15 is 0 Å². The molecule has 10 heavy (non-hydrogen) atoms. The largest absolute Gasteiger partial charge is 0.384 e. The molecular formula is C8H14O2. The molecule has 0 amide bonds. The van der Waals surface area contributed by atoms with E-state index < -0.39 is 0 Å². The molecule has 0 aromatic heterocycles. The van der Waals surface area contributed by atoms with Gasteiger partial charge in [-0.3, -0.25) is 4.79 Å². The summed E-state index contributed by atoms with van der Waals surface area (Å²) in [7, 11) is 1.69. The third-order valence-electron chi connectivity index (χ3n) is 1.99. The second kappa shape index (κ2) is 3.71. The van der Waals surface area contributed by atoms with Gasteiger partial charge in [-0.1, -0.05) is 0 Å². The third-order valence-corrected chi connectivity index (χ3v) is 1.99. The minimum absolute atomic E-state index is 0.410. The lowest BCUT2D eigenvalue weighted by atomic mass is 9.89. The Balaban J connectivity index is 2.25. The van der Waals surface area contributed by atoms with Crippen molar-refractivity contribution in [3.05, 3.63) is 0 Å². The first-order valence-electron chi connectivity index (χ1n) is 3.83. The van der Waals surface area contributed by atoms with Gasteiger partial charge in [0.1, 0.15) is 5.78 Å². The van der Waals surface area contributed by atoms with Crippen LogP contribution in [0.5, 0.6) is 0 Å². The van der Waals surface area contributed by atoms with Gasteiger partial charge in [-0.15, -0.1) is 0 Å². The van der Waals surface area contributed by atoms with Gasteiger partial charge >= 0.3 is 0 Å². The Morgan fingerprint density at radius 2 is 2.50 bits per heavy atom. The molecule has 0 heterocycles. The SMILES string of the molecule is COC[C@@H]1CCCC(=O)C1. The summed E-state index contributed by atoms with van der Waals surface area (Å²) in [5.41, 5.74) is 0. The van der Waals surface area contributed by atoms with E-state index in [1.54, 1.807) is 7.11 Å². The number of hydrogen-bond acceptors (Lipinski definition) is 2. The van der Waals surface area contributed by atoms with Crippen LogP contribution >= 0.6 is 0 Å². The Hall–Kier alpha value is -0.370. The highest BCUT2D eigenvalue weighted by Gasteiger charge is 2.18. The first kappa shape index (κ1) is 7.73. The summed E-state index contributed by atoms with van der Waals surface area (Å²) < 4.78 is 4.98.